The van der Waals surface area contributed by atoms with Crippen molar-refractivity contribution in [1.29, 1.82) is 0 Å². The molecule has 2 nitrogen and oxygen atoms in total. The highest BCUT2D eigenvalue weighted by molar-refractivity contribution is 5.30. The Hall–Kier alpha value is -0.860. The van der Waals surface area contributed by atoms with Gasteiger partial charge in [0, 0.05) is 12.1 Å². The molecule has 1 aromatic rings. The molecule has 1 saturated heterocycles. The number of benzene rings is 1. The van der Waals surface area contributed by atoms with Crippen LogP contribution in [0.25, 0.3) is 0 Å². The van der Waals surface area contributed by atoms with E-state index in [4.69, 9.17) is 5.73 Å². The van der Waals surface area contributed by atoms with Crippen molar-refractivity contribution in [1.82, 2.24) is 4.90 Å². The van der Waals surface area contributed by atoms with Gasteiger partial charge < -0.3 is 5.73 Å². The molecule has 82 valence electrons. The van der Waals surface area contributed by atoms with Crippen molar-refractivity contribution in [3.63, 3.8) is 0 Å². The van der Waals surface area contributed by atoms with Crippen molar-refractivity contribution in [3.8, 4) is 0 Å². The first kappa shape index (κ1) is 10.7. The van der Waals surface area contributed by atoms with E-state index in [1.54, 1.807) is 0 Å². The molecule has 2 unspecified atom stereocenters. The fourth-order valence-corrected chi connectivity index (χ4v) is 2.59. The predicted molar refractivity (Wildman–Crippen MR) is 63.8 cm³/mol. The van der Waals surface area contributed by atoms with Gasteiger partial charge in [0.2, 0.25) is 0 Å². The maximum absolute atomic E-state index is 6.23. The summed E-state index contributed by atoms with van der Waals surface area (Å²) in [4.78, 5) is 2.39. The molecule has 0 bridgehead atoms. The zero-order valence-electron chi connectivity index (χ0n) is 9.61. The summed E-state index contributed by atoms with van der Waals surface area (Å²) in [6, 6.07) is 9.27. The Bertz CT molecular complexity index is 325. The SMILES string of the molecule is Cc1ccccc1C1C(N)CCCN1C. The maximum atomic E-state index is 6.23. The molecule has 2 rings (SSSR count). The van der Waals surface area contributed by atoms with Crippen molar-refractivity contribution >= 4 is 0 Å². The highest BCUT2D eigenvalue weighted by Gasteiger charge is 2.28. The van der Waals surface area contributed by atoms with Crippen molar-refractivity contribution < 1.29 is 0 Å². The molecule has 0 saturated carbocycles. The highest BCUT2D eigenvalue weighted by Crippen LogP contribution is 2.30. The third kappa shape index (κ3) is 2.06. The quantitative estimate of drug-likeness (QED) is 0.759. The summed E-state index contributed by atoms with van der Waals surface area (Å²) >= 11 is 0. The van der Waals surface area contributed by atoms with E-state index in [9.17, 15) is 0 Å². The van der Waals surface area contributed by atoms with E-state index in [0.29, 0.717) is 6.04 Å². The summed E-state index contributed by atoms with van der Waals surface area (Å²) in [6.45, 7) is 3.33. The zero-order chi connectivity index (χ0) is 10.8. The predicted octanol–water partition coefficient (Wildman–Crippen LogP) is 2.09. The first-order valence-electron chi connectivity index (χ1n) is 5.71. The van der Waals surface area contributed by atoms with E-state index in [-0.39, 0.29) is 6.04 Å². The van der Waals surface area contributed by atoms with Crippen LogP contribution in [0.1, 0.15) is 30.0 Å². The van der Waals surface area contributed by atoms with Crippen LogP contribution in [0.5, 0.6) is 0 Å². The fourth-order valence-electron chi connectivity index (χ4n) is 2.59. The summed E-state index contributed by atoms with van der Waals surface area (Å²) in [5.41, 5.74) is 8.98. The van der Waals surface area contributed by atoms with Gasteiger partial charge in [-0.2, -0.15) is 0 Å². The fraction of sp³-hybridized carbons (Fsp3) is 0.538. The van der Waals surface area contributed by atoms with Gasteiger partial charge in [0.1, 0.15) is 0 Å². The van der Waals surface area contributed by atoms with Gasteiger partial charge in [-0.05, 0) is 44.5 Å². The minimum atomic E-state index is 0.282. The number of piperidine rings is 1. The molecule has 0 radical (unpaired) electrons. The van der Waals surface area contributed by atoms with Gasteiger partial charge in [0.25, 0.3) is 0 Å². The summed E-state index contributed by atoms with van der Waals surface area (Å²) in [5.74, 6) is 0. The van der Waals surface area contributed by atoms with Gasteiger partial charge in [-0.3, -0.25) is 4.90 Å². The Kier molecular flexibility index (Phi) is 3.08. The number of nitrogens with zero attached hydrogens (tertiary/aromatic N) is 1. The minimum absolute atomic E-state index is 0.282. The Balaban J connectivity index is 2.31. The first-order chi connectivity index (χ1) is 7.20. The molecular weight excluding hydrogens is 184 g/mol. The maximum Gasteiger partial charge on any atom is 0.0498 e. The second-order valence-corrected chi connectivity index (χ2v) is 4.59. The number of likely N-dealkylation sites (N-methyl/N-ethyl adjacent to an activating group) is 1. The minimum Gasteiger partial charge on any atom is -0.326 e. The normalized spacial score (nSPS) is 27.9. The van der Waals surface area contributed by atoms with Gasteiger partial charge in [-0.1, -0.05) is 24.3 Å². The second kappa shape index (κ2) is 4.33. The summed E-state index contributed by atoms with van der Waals surface area (Å²) in [6.07, 6.45) is 2.36. The molecule has 2 atom stereocenters. The van der Waals surface area contributed by atoms with E-state index in [2.05, 4.69) is 43.1 Å². The van der Waals surface area contributed by atoms with E-state index in [1.165, 1.54) is 17.5 Å². The number of likely N-dealkylation sites (tertiary alicyclic amines) is 1. The molecule has 1 aliphatic rings. The van der Waals surface area contributed by atoms with Crippen LogP contribution in [0.4, 0.5) is 0 Å². The van der Waals surface area contributed by atoms with E-state index >= 15 is 0 Å². The monoisotopic (exact) mass is 204 g/mol. The molecule has 15 heavy (non-hydrogen) atoms. The molecule has 0 amide bonds. The third-order valence-corrected chi connectivity index (χ3v) is 3.44. The Morgan fingerprint density at radius 1 is 1.33 bits per heavy atom. The van der Waals surface area contributed by atoms with Crippen molar-refractivity contribution in [2.24, 2.45) is 5.73 Å². The van der Waals surface area contributed by atoms with E-state index in [0.717, 1.165) is 13.0 Å². The average Bonchev–Trinajstić information content (AvgIpc) is 2.20. The van der Waals surface area contributed by atoms with Crippen LogP contribution in [0.2, 0.25) is 0 Å². The van der Waals surface area contributed by atoms with Crippen LogP contribution in [-0.2, 0) is 0 Å². The van der Waals surface area contributed by atoms with E-state index in [1.807, 2.05) is 0 Å². The van der Waals surface area contributed by atoms with Crippen LogP contribution in [0.15, 0.2) is 24.3 Å². The van der Waals surface area contributed by atoms with Crippen molar-refractivity contribution in [2.45, 2.75) is 31.8 Å². The van der Waals surface area contributed by atoms with Crippen LogP contribution >= 0.6 is 0 Å². The van der Waals surface area contributed by atoms with E-state index < -0.39 is 0 Å². The van der Waals surface area contributed by atoms with Crippen molar-refractivity contribution in [2.75, 3.05) is 13.6 Å². The molecule has 0 aliphatic carbocycles. The number of hydrogen-bond acceptors (Lipinski definition) is 2. The summed E-state index contributed by atoms with van der Waals surface area (Å²) in [7, 11) is 2.18. The Morgan fingerprint density at radius 3 is 2.73 bits per heavy atom. The van der Waals surface area contributed by atoms with Crippen LogP contribution in [-0.4, -0.2) is 24.5 Å². The summed E-state index contributed by atoms with van der Waals surface area (Å²) < 4.78 is 0. The lowest BCUT2D eigenvalue weighted by Crippen LogP contribution is -2.44. The van der Waals surface area contributed by atoms with Crippen LogP contribution in [0, 0.1) is 6.92 Å². The number of nitrogens with two attached hydrogens (primary N) is 1. The molecule has 1 aromatic carbocycles. The molecule has 1 fully saturated rings. The average molecular weight is 204 g/mol. The standard InChI is InChI=1S/C13H20N2/c1-10-6-3-4-7-11(10)13-12(14)8-5-9-15(13)2/h3-4,6-7,12-13H,5,8-9,14H2,1-2H3. The smallest absolute Gasteiger partial charge is 0.0498 e. The Morgan fingerprint density at radius 2 is 2.07 bits per heavy atom. The molecule has 0 spiro atoms. The van der Waals surface area contributed by atoms with Crippen molar-refractivity contribution in [3.05, 3.63) is 35.4 Å². The number of rotatable bonds is 1. The second-order valence-electron chi connectivity index (χ2n) is 4.59. The highest BCUT2D eigenvalue weighted by atomic mass is 15.2. The first-order valence-corrected chi connectivity index (χ1v) is 5.71. The lowest BCUT2D eigenvalue weighted by molar-refractivity contribution is 0.162. The molecule has 1 aliphatic heterocycles. The summed E-state index contributed by atoms with van der Waals surface area (Å²) in [5, 5.41) is 0. The topological polar surface area (TPSA) is 29.3 Å². The molecule has 2 N–H and O–H groups in total. The number of aryl methyl sites for hydroxylation is 1. The molecule has 1 heterocycles. The largest absolute Gasteiger partial charge is 0.326 e. The molecular formula is C13H20N2. The van der Waals surface area contributed by atoms with Gasteiger partial charge >= 0.3 is 0 Å². The lowest BCUT2D eigenvalue weighted by atomic mass is 9.89. The van der Waals surface area contributed by atoms with Gasteiger partial charge in [-0.25, -0.2) is 0 Å². The number of hydrogen-bond donors (Lipinski definition) is 1. The lowest BCUT2D eigenvalue weighted by Gasteiger charge is -2.38. The zero-order valence-corrected chi connectivity index (χ0v) is 9.61. The van der Waals surface area contributed by atoms with Crippen LogP contribution in [0.3, 0.4) is 0 Å². The Labute approximate surface area is 92.1 Å². The third-order valence-electron chi connectivity index (χ3n) is 3.44. The van der Waals surface area contributed by atoms with Gasteiger partial charge in [-0.15, -0.1) is 0 Å². The van der Waals surface area contributed by atoms with Gasteiger partial charge in [0.15, 0.2) is 0 Å². The molecule has 0 aromatic heterocycles. The van der Waals surface area contributed by atoms with Gasteiger partial charge in [0.05, 0.1) is 0 Å². The molecule has 2 heteroatoms. The van der Waals surface area contributed by atoms with Crippen LogP contribution < -0.4 is 5.73 Å².